The molecule has 4 rings (SSSR count). The van der Waals surface area contributed by atoms with Crippen LogP contribution in [0.4, 0.5) is 15.8 Å². The van der Waals surface area contributed by atoms with Crippen LogP contribution in [0.2, 0.25) is 0 Å². The van der Waals surface area contributed by atoms with Gasteiger partial charge in [-0.15, -0.1) is 0 Å². The number of halogens is 1. The molecule has 0 aliphatic carbocycles. The van der Waals surface area contributed by atoms with Crippen molar-refractivity contribution in [1.82, 2.24) is 0 Å². The lowest BCUT2D eigenvalue weighted by Crippen LogP contribution is -2.45. The monoisotopic (exact) mass is 484 g/mol. The zero-order valence-corrected chi connectivity index (χ0v) is 21.0. The summed E-state index contributed by atoms with van der Waals surface area (Å²) >= 11 is 0. The fraction of sp³-hybridized carbons (Fsp3) is 0.536. The molecule has 0 amide bonds. The number of carbonyl (C=O) groups is 1. The zero-order chi connectivity index (χ0) is 24.9. The number of nitrogens with zero attached hydrogens (tertiary/aromatic N) is 2. The molecule has 190 valence electrons. The molecular weight excluding hydrogens is 447 g/mol. The fourth-order valence-electron chi connectivity index (χ4n) is 5.52. The van der Waals surface area contributed by atoms with E-state index in [9.17, 15) is 14.3 Å². The van der Waals surface area contributed by atoms with Crippen LogP contribution in [-0.4, -0.2) is 49.5 Å². The second kappa shape index (κ2) is 11.2. The molecule has 2 aliphatic rings. The predicted octanol–water partition coefficient (Wildman–Crippen LogP) is 5.60. The number of carboxylic acids is 1. The van der Waals surface area contributed by atoms with E-state index in [4.69, 9.17) is 9.47 Å². The van der Waals surface area contributed by atoms with Crippen LogP contribution in [0.25, 0.3) is 0 Å². The van der Waals surface area contributed by atoms with Crippen LogP contribution in [0, 0.1) is 17.7 Å². The molecule has 4 atom stereocenters. The smallest absolute Gasteiger partial charge is 0.305 e. The largest absolute Gasteiger partial charge is 0.494 e. The van der Waals surface area contributed by atoms with Gasteiger partial charge in [-0.25, -0.2) is 4.39 Å². The van der Waals surface area contributed by atoms with Gasteiger partial charge in [0.05, 0.1) is 18.7 Å². The minimum atomic E-state index is -0.754. The summed E-state index contributed by atoms with van der Waals surface area (Å²) in [5, 5.41) is 9.27. The van der Waals surface area contributed by atoms with Gasteiger partial charge < -0.3 is 24.4 Å². The summed E-state index contributed by atoms with van der Waals surface area (Å²) < 4.78 is 26.6. The first kappa shape index (κ1) is 25.1. The second-order valence-corrected chi connectivity index (χ2v) is 9.84. The normalized spacial score (nSPS) is 24.5. The van der Waals surface area contributed by atoms with E-state index in [1.807, 2.05) is 31.2 Å². The van der Waals surface area contributed by atoms with Crippen molar-refractivity contribution in [3.63, 3.8) is 0 Å². The molecule has 2 aromatic rings. The number of piperidine rings is 1. The van der Waals surface area contributed by atoms with Gasteiger partial charge in [0.25, 0.3) is 0 Å². The van der Waals surface area contributed by atoms with Crippen LogP contribution in [0.1, 0.15) is 46.5 Å². The number of aliphatic carboxylic acids is 1. The van der Waals surface area contributed by atoms with Gasteiger partial charge in [-0.2, -0.15) is 0 Å². The molecule has 1 N–H and O–H groups in total. The first-order valence-electron chi connectivity index (χ1n) is 12.8. The fourth-order valence-corrected chi connectivity index (χ4v) is 5.52. The van der Waals surface area contributed by atoms with Crippen LogP contribution in [0.5, 0.6) is 11.5 Å². The third kappa shape index (κ3) is 6.00. The lowest BCUT2D eigenvalue weighted by molar-refractivity contribution is -0.137. The highest BCUT2D eigenvalue weighted by Gasteiger charge is 2.33. The average Bonchev–Trinajstić information content (AvgIpc) is 3.20. The Bertz CT molecular complexity index is 999. The van der Waals surface area contributed by atoms with E-state index in [1.54, 1.807) is 12.1 Å². The molecule has 0 aromatic heterocycles. The molecule has 0 spiro atoms. The molecule has 0 saturated carbocycles. The Morgan fingerprint density at radius 3 is 2.54 bits per heavy atom. The van der Waals surface area contributed by atoms with E-state index in [0.717, 1.165) is 43.8 Å². The number of rotatable bonds is 9. The predicted molar refractivity (Wildman–Crippen MR) is 136 cm³/mol. The van der Waals surface area contributed by atoms with Crippen molar-refractivity contribution in [2.24, 2.45) is 11.8 Å². The summed E-state index contributed by atoms with van der Waals surface area (Å²) in [6, 6.07) is 13.0. The molecule has 7 heteroatoms. The lowest BCUT2D eigenvalue weighted by Gasteiger charge is -2.39. The number of ether oxygens (including phenoxy) is 2. The van der Waals surface area contributed by atoms with E-state index < -0.39 is 5.97 Å². The Morgan fingerprint density at radius 1 is 1.11 bits per heavy atom. The Balaban J connectivity index is 1.40. The summed E-state index contributed by atoms with van der Waals surface area (Å²) in [6.45, 7) is 9.11. The van der Waals surface area contributed by atoms with Crippen LogP contribution in [-0.2, 0) is 4.79 Å². The number of carboxylic acid groups (broad SMARTS) is 1. The standard InChI is InChI=1S/C28H37FN2O4/c1-4-20-18-30(26-16-24(34-5-2)10-11-25(26)29)13-12-27(20)35-23-8-6-21(7-9-23)31-17-19(3)14-22(31)15-28(32)33/h6-11,16,19-20,22,27H,4-5,12-15,17-18H2,1-3H3,(H,32,33)/t19-,20?,22-,27?/m1/s1. The third-order valence-electron chi connectivity index (χ3n) is 7.25. The third-order valence-corrected chi connectivity index (χ3v) is 7.25. The maximum absolute atomic E-state index is 14.6. The maximum Gasteiger partial charge on any atom is 0.305 e. The van der Waals surface area contributed by atoms with Gasteiger partial charge >= 0.3 is 5.97 Å². The van der Waals surface area contributed by atoms with Crippen LogP contribution in [0.3, 0.4) is 0 Å². The van der Waals surface area contributed by atoms with Gasteiger partial charge in [-0.05, 0) is 62.1 Å². The van der Waals surface area contributed by atoms with E-state index in [-0.39, 0.29) is 30.3 Å². The minimum Gasteiger partial charge on any atom is -0.494 e. The van der Waals surface area contributed by atoms with Crippen molar-refractivity contribution < 1.29 is 23.8 Å². The van der Waals surface area contributed by atoms with Gasteiger partial charge in [0, 0.05) is 49.8 Å². The molecule has 2 fully saturated rings. The Morgan fingerprint density at radius 2 is 1.86 bits per heavy atom. The summed E-state index contributed by atoms with van der Waals surface area (Å²) in [6.07, 6.45) is 2.87. The molecule has 0 bridgehead atoms. The van der Waals surface area contributed by atoms with Crippen molar-refractivity contribution in [3.8, 4) is 11.5 Å². The first-order chi connectivity index (χ1) is 16.9. The van der Waals surface area contributed by atoms with Gasteiger partial charge in [0.15, 0.2) is 0 Å². The molecule has 2 unspecified atom stereocenters. The molecule has 2 aromatic carbocycles. The average molecular weight is 485 g/mol. The lowest BCUT2D eigenvalue weighted by atomic mass is 9.91. The van der Waals surface area contributed by atoms with Crippen LogP contribution < -0.4 is 19.3 Å². The Hall–Kier alpha value is -2.96. The number of hydrogen-bond donors (Lipinski definition) is 1. The summed E-state index contributed by atoms with van der Waals surface area (Å²) in [4.78, 5) is 15.6. The van der Waals surface area contributed by atoms with Crippen molar-refractivity contribution in [3.05, 3.63) is 48.3 Å². The van der Waals surface area contributed by atoms with E-state index >= 15 is 0 Å². The maximum atomic E-state index is 14.6. The van der Waals surface area contributed by atoms with Crippen molar-refractivity contribution in [1.29, 1.82) is 0 Å². The number of hydrogen-bond acceptors (Lipinski definition) is 5. The van der Waals surface area contributed by atoms with Gasteiger partial charge in [0.1, 0.15) is 23.4 Å². The molecule has 35 heavy (non-hydrogen) atoms. The zero-order valence-electron chi connectivity index (χ0n) is 21.0. The van der Waals surface area contributed by atoms with Crippen molar-refractivity contribution >= 4 is 17.3 Å². The van der Waals surface area contributed by atoms with Gasteiger partial charge in [-0.3, -0.25) is 4.79 Å². The van der Waals surface area contributed by atoms with Gasteiger partial charge in [0.2, 0.25) is 0 Å². The Kier molecular flexibility index (Phi) is 8.04. The van der Waals surface area contributed by atoms with Gasteiger partial charge in [-0.1, -0.05) is 13.8 Å². The summed E-state index contributed by atoms with van der Waals surface area (Å²) in [5.41, 5.74) is 1.63. The van der Waals surface area contributed by atoms with Crippen molar-refractivity contribution in [2.75, 3.05) is 36.0 Å². The number of benzene rings is 2. The Labute approximate surface area is 207 Å². The highest BCUT2D eigenvalue weighted by atomic mass is 19.1. The molecule has 2 heterocycles. The quantitative estimate of drug-likeness (QED) is 0.500. The van der Waals surface area contributed by atoms with E-state index in [1.165, 1.54) is 6.07 Å². The molecule has 6 nitrogen and oxygen atoms in total. The van der Waals surface area contributed by atoms with E-state index in [2.05, 4.69) is 23.6 Å². The topological polar surface area (TPSA) is 62.2 Å². The SMILES string of the molecule is CCOc1ccc(F)c(N2CCC(Oc3ccc(N4C[C@H](C)C[C@@H]4CC(=O)O)cc3)C(CC)C2)c1. The van der Waals surface area contributed by atoms with Crippen molar-refractivity contribution in [2.45, 2.75) is 58.6 Å². The van der Waals surface area contributed by atoms with Crippen LogP contribution >= 0.6 is 0 Å². The highest BCUT2D eigenvalue weighted by molar-refractivity contribution is 5.69. The molecule has 0 radical (unpaired) electrons. The first-order valence-corrected chi connectivity index (χ1v) is 12.8. The van der Waals surface area contributed by atoms with E-state index in [0.29, 0.717) is 30.5 Å². The summed E-state index contributed by atoms with van der Waals surface area (Å²) in [7, 11) is 0. The molecule has 2 aliphatic heterocycles. The number of anilines is 2. The van der Waals surface area contributed by atoms with Crippen LogP contribution in [0.15, 0.2) is 42.5 Å². The highest BCUT2D eigenvalue weighted by Crippen LogP contribution is 2.34. The second-order valence-electron chi connectivity index (χ2n) is 9.84. The molecular formula is C28H37FN2O4. The molecule has 2 saturated heterocycles. The summed E-state index contributed by atoms with van der Waals surface area (Å²) in [5.74, 6) is 1.28. The minimum absolute atomic E-state index is 0.0321.